The second kappa shape index (κ2) is 9.27. The summed E-state index contributed by atoms with van der Waals surface area (Å²) in [4.78, 5) is 29.4. The van der Waals surface area contributed by atoms with E-state index in [1.165, 1.54) is 6.33 Å². The number of carbonyl (C=O) groups excluding carboxylic acids is 1. The molecule has 0 aromatic carbocycles. The van der Waals surface area contributed by atoms with Crippen LogP contribution in [0.15, 0.2) is 31.0 Å². The summed E-state index contributed by atoms with van der Waals surface area (Å²) < 4.78 is 41.9. The Labute approximate surface area is 217 Å². The Kier molecular flexibility index (Phi) is 6.02. The van der Waals surface area contributed by atoms with Crippen molar-refractivity contribution in [2.45, 2.75) is 55.9 Å². The van der Waals surface area contributed by atoms with E-state index in [0.717, 1.165) is 40.0 Å². The second-order valence-corrected chi connectivity index (χ2v) is 10.5. The van der Waals surface area contributed by atoms with E-state index in [4.69, 9.17) is 0 Å². The molecule has 0 unspecified atom stereocenters. The number of halogens is 3. The zero-order valence-corrected chi connectivity index (χ0v) is 20.7. The van der Waals surface area contributed by atoms with E-state index >= 15 is 0 Å². The van der Waals surface area contributed by atoms with Gasteiger partial charge >= 0.3 is 12.2 Å². The number of urea groups is 1. The van der Waals surface area contributed by atoms with E-state index in [2.05, 4.69) is 31.0 Å². The molecule has 3 aromatic rings. The van der Waals surface area contributed by atoms with Crippen LogP contribution in [0.25, 0.3) is 22.3 Å². The van der Waals surface area contributed by atoms with Crippen LogP contribution in [0.2, 0.25) is 0 Å². The fourth-order valence-corrected chi connectivity index (χ4v) is 6.24. The third-order valence-electron chi connectivity index (χ3n) is 8.31. The molecule has 0 bridgehead atoms. The minimum absolute atomic E-state index is 0.0271. The second-order valence-electron chi connectivity index (χ2n) is 10.5. The molecule has 2 aliphatic heterocycles. The first-order chi connectivity index (χ1) is 18.3. The molecule has 5 heterocycles. The molecule has 10 nitrogen and oxygen atoms in total. The fraction of sp³-hybridized carbons (Fsp3) is 0.560. The molecular formula is C25H28F3N9O. The van der Waals surface area contributed by atoms with Crippen molar-refractivity contribution >= 4 is 17.1 Å². The fourth-order valence-electron chi connectivity index (χ4n) is 6.24. The molecule has 1 atom stereocenters. The number of likely N-dealkylation sites (tertiary alicyclic amines) is 1. The van der Waals surface area contributed by atoms with Crippen molar-refractivity contribution in [3.63, 3.8) is 0 Å². The number of hydrogen-bond donors (Lipinski definition) is 1. The Morgan fingerprint density at radius 1 is 1.18 bits per heavy atom. The molecule has 3 aliphatic rings. The van der Waals surface area contributed by atoms with Crippen molar-refractivity contribution < 1.29 is 18.0 Å². The van der Waals surface area contributed by atoms with Gasteiger partial charge in [-0.25, -0.2) is 14.8 Å². The molecular weight excluding hydrogens is 499 g/mol. The Bertz CT molecular complexity index is 1360. The van der Waals surface area contributed by atoms with E-state index in [-0.39, 0.29) is 19.0 Å². The van der Waals surface area contributed by atoms with E-state index < -0.39 is 23.8 Å². The van der Waals surface area contributed by atoms with E-state index in [1.807, 2.05) is 23.1 Å². The predicted molar refractivity (Wildman–Crippen MR) is 131 cm³/mol. The van der Waals surface area contributed by atoms with Gasteiger partial charge in [-0.15, -0.1) is 0 Å². The summed E-state index contributed by atoms with van der Waals surface area (Å²) in [6, 6.07) is 2.27. The third-order valence-corrected chi connectivity index (χ3v) is 8.31. The average Bonchev–Trinajstić information content (AvgIpc) is 3.65. The average molecular weight is 528 g/mol. The van der Waals surface area contributed by atoms with Gasteiger partial charge in [0, 0.05) is 62.1 Å². The van der Waals surface area contributed by atoms with Gasteiger partial charge in [0.1, 0.15) is 18.0 Å². The number of carbonyl (C=O) groups is 1. The number of alkyl halides is 3. The highest BCUT2D eigenvalue weighted by Crippen LogP contribution is 2.45. The summed E-state index contributed by atoms with van der Waals surface area (Å²) in [5.74, 6) is 0. The summed E-state index contributed by atoms with van der Waals surface area (Å²) in [6.45, 7) is 2.14. The highest BCUT2D eigenvalue weighted by molar-refractivity contribution is 5.90. The van der Waals surface area contributed by atoms with Crippen molar-refractivity contribution in [2.75, 3.05) is 32.7 Å². The van der Waals surface area contributed by atoms with E-state index in [1.54, 1.807) is 11.1 Å². The maximum absolute atomic E-state index is 13.3. The Morgan fingerprint density at radius 3 is 2.71 bits per heavy atom. The minimum atomic E-state index is -4.39. The largest absolute Gasteiger partial charge is 0.408 e. The van der Waals surface area contributed by atoms with Crippen LogP contribution in [-0.2, 0) is 5.54 Å². The number of H-pyrrole nitrogens is 1. The van der Waals surface area contributed by atoms with Gasteiger partial charge in [0.2, 0.25) is 0 Å². The molecule has 3 fully saturated rings. The molecule has 3 aromatic heterocycles. The molecule has 0 radical (unpaired) electrons. The maximum atomic E-state index is 13.3. The molecule has 2 saturated heterocycles. The molecule has 200 valence electrons. The smallest absolute Gasteiger partial charge is 0.346 e. The van der Waals surface area contributed by atoms with Crippen LogP contribution in [0.4, 0.5) is 18.0 Å². The molecule has 6 rings (SSSR count). The lowest BCUT2D eigenvalue weighted by Crippen LogP contribution is -2.62. The van der Waals surface area contributed by atoms with Crippen LogP contribution in [0, 0.1) is 11.3 Å². The zero-order valence-electron chi connectivity index (χ0n) is 20.7. The van der Waals surface area contributed by atoms with Crippen molar-refractivity contribution in [3.05, 3.63) is 31.0 Å². The Hall–Kier alpha value is -3.66. The number of fused-ring (bicyclic) bond motifs is 1. The van der Waals surface area contributed by atoms with Gasteiger partial charge in [-0.3, -0.25) is 9.58 Å². The number of aromatic amines is 1. The van der Waals surface area contributed by atoms with Gasteiger partial charge in [-0.2, -0.15) is 23.5 Å². The first-order valence-corrected chi connectivity index (χ1v) is 12.9. The molecule has 0 spiro atoms. The Balaban J connectivity index is 1.10. The quantitative estimate of drug-likeness (QED) is 0.557. The first kappa shape index (κ1) is 24.7. The van der Waals surface area contributed by atoms with Crippen LogP contribution in [-0.4, -0.2) is 96.4 Å². The number of aromatic nitrogens is 5. The topological polar surface area (TPSA) is 110 Å². The standard InChI is InChI=1S/C25H28F3N9O/c26-25(27,28)20-2-1-7-36(20)23(38)35-10-8-34(9-11-35)18-12-24(13-18,4-5-29)37-15-17(14-33-37)21-19-3-6-30-22(19)32-16-31-21/h3,6,14-16,18,20H,1-2,4,7-13H2,(H,30,31,32)/t18-,20-,24-/m0/s1. The highest BCUT2D eigenvalue weighted by Gasteiger charge is 2.51. The van der Waals surface area contributed by atoms with Gasteiger partial charge in [0.25, 0.3) is 0 Å². The molecule has 1 aliphatic carbocycles. The maximum Gasteiger partial charge on any atom is 0.408 e. The molecule has 13 heteroatoms. The normalized spacial score (nSPS) is 26.5. The highest BCUT2D eigenvalue weighted by atomic mass is 19.4. The van der Waals surface area contributed by atoms with E-state index in [9.17, 15) is 23.2 Å². The lowest BCUT2D eigenvalue weighted by atomic mass is 9.70. The van der Waals surface area contributed by atoms with Gasteiger partial charge in [0.05, 0.1) is 29.9 Å². The number of nitriles is 1. The third kappa shape index (κ3) is 4.16. The molecule has 38 heavy (non-hydrogen) atoms. The van der Waals surface area contributed by atoms with Gasteiger partial charge in [0.15, 0.2) is 0 Å². The molecule has 1 N–H and O–H groups in total. The number of nitrogens with one attached hydrogen (secondary N) is 1. The molecule has 1 saturated carbocycles. The summed E-state index contributed by atoms with van der Waals surface area (Å²) in [5, 5.41) is 15.1. The van der Waals surface area contributed by atoms with Crippen molar-refractivity contribution in [1.29, 1.82) is 5.26 Å². The van der Waals surface area contributed by atoms with E-state index in [0.29, 0.717) is 39.0 Å². The SMILES string of the molecule is N#CC[C@]1(n2cc(-c3ncnc4[nH]ccc34)cn2)C[C@H](N2CCN(C(=O)N3CCC[C@H]3C(F)(F)F)CC2)C1. The number of nitrogens with zero attached hydrogens (tertiary/aromatic N) is 8. The van der Waals surface area contributed by atoms with Crippen LogP contribution >= 0.6 is 0 Å². The van der Waals surface area contributed by atoms with Crippen LogP contribution in [0.5, 0.6) is 0 Å². The van der Waals surface area contributed by atoms with Crippen molar-refractivity contribution in [1.82, 2.24) is 39.4 Å². The predicted octanol–water partition coefficient (Wildman–Crippen LogP) is 3.36. The number of piperazine rings is 1. The summed E-state index contributed by atoms with van der Waals surface area (Å²) in [7, 11) is 0. The monoisotopic (exact) mass is 527 g/mol. The summed E-state index contributed by atoms with van der Waals surface area (Å²) in [6.07, 6.45) is 4.77. The Morgan fingerprint density at radius 2 is 1.97 bits per heavy atom. The lowest BCUT2D eigenvalue weighted by molar-refractivity contribution is -0.170. The zero-order chi connectivity index (χ0) is 26.5. The van der Waals surface area contributed by atoms with Gasteiger partial charge in [-0.05, 0) is 31.7 Å². The number of amides is 2. The molecule has 2 amide bonds. The van der Waals surface area contributed by atoms with Crippen molar-refractivity contribution in [2.24, 2.45) is 0 Å². The minimum Gasteiger partial charge on any atom is -0.346 e. The van der Waals surface area contributed by atoms with Gasteiger partial charge in [-0.1, -0.05) is 0 Å². The van der Waals surface area contributed by atoms with Crippen molar-refractivity contribution in [3.8, 4) is 17.3 Å². The summed E-state index contributed by atoms with van der Waals surface area (Å²) >= 11 is 0. The van der Waals surface area contributed by atoms with Crippen LogP contribution in [0.1, 0.15) is 32.1 Å². The van der Waals surface area contributed by atoms with Crippen LogP contribution < -0.4 is 0 Å². The number of rotatable bonds is 4. The summed E-state index contributed by atoms with van der Waals surface area (Å²) in [5.41, 5.74) is 1.94. The lowest BCUT2D eigenvalue weighted by Gasteiger charge is -2.52. The van der Waals surface area contributed by atoms with Gasteiger partial charge < -0.3 is 14.8 Å². The van der Waals surface area contributed by atoms with Crippen LogP contribution in [0.3, 0.4) is 0 Å². The first-order valence-electron chi connectivity index (χ1n) is 12.9. The number of hydrogen-bond acceptors (Lipinski definition) is 6.